The average Bonchev–Trinajstić information content (AvgIpc) is 3.40. The number of nitrogens with zero attached hydrogens (tertiary/aromatic N) is 2. The van der Waals surface area contributed by atoms with Gasteiger partial charge in [-0.05, 0) is 61.5 Å². The van der Waals surface area contributed by atoms with Gasteiger partial charge in [0.1, 0.15) is 11.2 Å². The lowest BCUT2D eigenvalue weighted by Crippen LogP contribution is -2.33. The van der Waals surface area contributed by atoms with Crippen LogP contribution in [0.1, 0.15) is 53.5 Å². The highest BCUT2D eigenvalue weighted by molar-refractivity contribution is 5.85. The van der Waals surface area contributed by atoms with Crippen LogP contribution in [0.5, 0.6) is 0 Å². The predicted octanol–water partition coefficient (Wildman–Crippen LogP) is 3.47. The summed E-state index contributed by atoms with van der Waals surface area (Å²) in [6.07, 6.45) is 8.53. The minimum absolute atomic E-state index is 0.0668. The number of fused-ring (bicyclic) bond motifs is 4. The Bertz CT molecular complexity index is 1110. The van der Waals surface area contributed by atoms with Gasteiger partial charge >= 0.3 is 5.97 Å². The first-order valence-electron chi connectivity index (χ1n) is 9.36. The molecule has 5 heteroatoms. The summed E-state index contributed by atoms with van der Waals surface area (Å²) in [5.41, 5.74) is 3.95. The maximum absolute atomic E-state index is 13.2. The molecule has 0 bridgehead atoms. The summed E-state index contributed by atoms with van der Waals surface area (Å²) in [6.45, 7) is 2.08. The van der Waals surface area contributed by atoms with E-state index in [1.165, 1.54) is 5.56 Å². The van der Waals surface area contributed by atoms with Crippen LogP contribution in [0.4, 0.5) is 0 Å². The van der Waals surface area contributed by atoms with Crippen molar-refractivity contribution in [3.8, 4) is 0 Å². The predicted molar refractivity (Wildman–Crippen MR) is 103 cm³/mol. The van der Waals surface area contributed by atoms with Gasteiger partial charge in [-0.1, -0.05) is 30.3 Å². The lowest BCUT2D eigenvalue weighted by atomic mass is 9.90. The topological polar surface area (TPSA) is 72.2 Å². The van der Waals surface area contributed by atoms with E-state index in [1.807, 2.05) is 12.1 Å². The summed E-state index contributed by atoms with van der Waals surface area (Å²) in [7, 11) is 0. The summed E-state index contributed by atoms with van der Waals surface area (Å²) in [4.78, 5) is 29.6. The van der Waals surface area contributed by atoms with E-state index in [0.717, 1.165) is 35.2 Å². The molecule has 0 spiro atoms. The van der Waals surface area contributed by atoms with Crippen molar-refractivity contribution in [1.29, 1.82) is 0 Å². The second-order valence-electron chi connectivity index (χ2n) is 7.75. The number of aryl methyl sites for hydroxylation is 1. The molecule has 5 rings (SSSR count). The monoisotopic (exact) mass is 360 g/mol. The molecule has 2 aliphatic carbocycles. The first-order chi connectivity index (χ1) is 13.0. The molecule has 0 amide bonds. The van der Waals surface area contributed by atoms with Gasteiger partial charge in [-0.3, -0.25) is 14.2 Å². The van der Waals surface area contributed by atoms with Crippen LogP contribution in [0.15, 0.2) is 35.1 Å². The Kier molecular flexibility index (Phi) is 3.32. The Balaban J connectivity index is 1.66. The van der Waals surface area contributed by atoms with Crippen molar-refractivity contribution < 1.29 is 9.90 Å². The number of hydrogen-bond donors (Lipinski definition) is 1. The van der Waals surface area contributed by atoms with Crippen molar-refractivity contribution in [2.75, 3.05) is 0 Å². The van der Waals surface area contributed by atoms with Gasteiger partial charge in [0.15, 0.2) is 0 Å². The third-order valence-corrected chi connectivity index (χ3v) is 6.14. The molecule has 2 aromatic rings. The molecule has 1 fully saturated rings. The minimum atomic E-state index is -0.915. The maximum Gasteiger partial charge on any atom is 0.315 e. The molecule has 136 valence electrons. The molecule has 1 aromatic carbocycles. The fourth-order valence-electron chi connectivity index (χ4n) is 4.43. The Morgan fingerprint density at radius 2 is 2.15 bits per heavy atom. The van der Waals surface area contributed by atoms with Crippen LogP contribution in [0.2, 0.25) is 0 Å². The first-order valence-corrected chi connectivity index (χ1v) is 9.36. The van der Waals surface area contributed by atoms with E-state index in [0.29, 0.717) is 18.7 Å². The SMILES string of the molecule is Cc1ccccc1C=C1CCCc2c1nc1n(c2=O)C2CC2(C(=O)O)C=C1. The van der Waals surface area contributed by atoms with Crippen LogP contribution >= 0.6 is 0 Å². The van der Waals surface area contributed by atoms with E-state index < -0.39 is 11.4 Å². The molecular weight excluding hydrogens is 340 g/mol. The van der Waals surface area contributed by atoms with E-state index in [9.17, 15) is 14.7 Å². The van der Waals surface area contributed by atoms with Crippen LogP contribution in [-0.2, 0) is 11.2 Å². The molecule has 5 nitrogen and oxygen atoms in total. The first kappa shape index (κ1) is 16.2. The Labute approximate surface area is 156 Å². The Hall–Kier alpha value is -2.95. The van der Waals surface area contributed by atoms with Crippen LogP contribution < -0.4 is 5.56 Å². The smallest absolute Gasteiger partial charge is 0.315 e. The third-order valence-electron chi connectivity index (χ3n) is 6.14. The van der Waals surface area contributed by atoms with Gasteiger partial charge < -0.3 is 5.11 Å². The van der Waals surface area contributed by atoms with E-state index in [1.54, 1.807) is 16.7 Å². The van der Waals surface area contributed by atoms with Gasteiger partial charge in [0.05, 0.1) is 11.7 Å². The molecule has 27 heavy (non-hydrogen) atoms. The lowest BCUT2D eigenvalue weighted by Gasteiger charge is -2.23. The molecule has 0 radical (unpaired) electrons. The van der Waals surface area contributed by atoms with Gasteiger partial charge in [-0.15, -0.1) is 0 Å². The van der Waals surface area contributed by atoms with Gasteiger partial charge in [0.2, 0.25) is 0 Å². The minimum Gasteiger partial charge on any atom is -0.481 e. The van der Waals surface area contributed by atoms with E-state index in [4.69, 9.17) is 4.98 Å². The summed E-state index contributed by atoms with van der Waals surface area (Å²) < 4.78 is 1.61. The molecule has 1 N–H and O–H groups in total. The van der Waals surface area contributed by atoms with E-state index in [-0.39, 0.29) is 11.6 Å². The molecule has 1 saturated carbocycles. The number of hydrogen-bond acceptors (Lipinski definition) is 3. The quantitative estimate of drug-likeness (QED) is 0.890. The van der Waals surface area contributed by atoms with Crippen LogP contribution in [-0.4, -0.2) is 20.6 Å². The summed E-state index contributed by atoms with van der Waals surface area (Å²) >= 11 is 0. The fourth-order valence-corrected chi connectivity index (χ4v) is 4.43. The number of aromatic nitrogens is 2. The lowest BCUT2D eigenvalue weighted by molar-refractivity contribution is -0.141. The highest BCUT2D eigenvalue weighted by Gasteiger charge is 2.62. The zero-order valence-corrected chi connectivity index (χ0v) is 15.1. The van der Waals surface area contributed by atoms with Crippen molar-refractivity contribution in [3.05, 3.63) is 68.9 Å². The molecule has 2 heterocycles. The molecule has 0 saturated heterocycles. The number of benzene rings is 1. The summed E-state index contributed by atoms with van der Waals surface area (Å²) in [5.74, 6) is -0.283. The van der Waals surface area contributed by atoms with Crippen LogP contribution in [0.3, 0.4) is 0 Å². The van der Waals surface area contributed by atoms with Crippen molar-refractivity contribution in [3.63, 3.8) is 0 Å². The van der Waals surface area contributed by atoms with Gasteiger partial charge in [-0.25, -0.2) is 4.98 Å². The van der Waals surface area contributed by atoms with Crippen LogP contribution in [0.25, 0.3) is 17.7 Å². The van der Waals surface area contributed by atoms with Gasteiger partial charge in [0, 0.05) is 5.56 Å². The number of rotatable bonds is 2. The van der Waals surface area contributed by atoms with Crippen LogP contribution in [0, 0.1) is 12.3 Å². The normalized spacial score (nSPS) is 26.3. The van der Waals surface area contributed by atoms with Crippen molar-refractivity contribution >= 4 is 23.7 Å². The van der Waals surface area contributed by atoms with Gasteiger partial charge in [0.25, 0.3) is 5.56 Å². The number of carbonyl (C=O) groups is 1. The van der Waals surface area contributed by atoms with Crippen molar-refractivity contribution in [2.24, 2.45) is 5.41 Å². The zero-order chi connectivity index (χ0) is 18.8. The van der Waals surface area contributed by atoms with E-state index in [2.05, 4.69) is 25.1 Å². The van der Waals surface area contributed by atoms with E-state index >= 15 is 0 Å². The number of aliphatic carboxylic acids is 1. The molecule has 2 unspecified atom stereocenters. The highest BCUT2D eigenvalue weighted by atomic mass is 16.4. The maximum atomic E-state index is 13.2. The van der Waals surface area contributed by atoms with Crippen molar-refractivity contribution in [1.82, 2.24) is 9.55 Å². The largest absolute Gasteiger partial charge is 0.481 e. The Morgan fingerprint density at radius 3 is 2.93 bits per heavy atom. The molecule has 1 aliphatic heterocycles. The zero-order valence-electron chi connectivity index (χ0n) is 15.1. The third kappa shape index (κ3) is 2.27. The number of carboxylic acid groups (broad SMARTS) is 1. The molecule has 1 aromatic heterocycles. The number of allylic oxidation sites excluding steroid dienone is 1. The molecule has 2 atom stereocenters. The molecular formula is C22H20N2O3. The molecule has 3 aliphatic rings. The standard InChI is InChI=1S/C22H20N2O3/c1-13-5-2-3-6-14(13)11-15-7-4-8-16-19(15)23-18-9-10-22(21(26)27)12-17(22)24(18)20(16)25/h2-3,5-6,9-11,17H,4,7-8,12H2,1H3,(H,26,27). The second-order valence-corrected chi connectivity index (χ2v) is 7.75. The fraction of sp³-hybridized carbons (Fsp3) is 0.318. The van der Waals surface area contributed by atoms with Crippen molar-refractivity contribution in [2.45, 2.75) is 38.6 Å². The average molecular weight is 360 g/mol. The second kappa shape index (κ2) is 5.52. The Morgan fingerprint density at radius 1 is 1.33 bits per heavy atom. The number of carboxylic acids is 1. The summed E-state index contributed by atoms with van der Waals surface area (Å²) in [6, 6.07) is 7.88. The van der Waals surface area contributed by atoms with Gasteiger partial charge in [-0.2, -0.15) is 0 Å². The highest BCUT2D eigenvalue weighted by Crippen LogP contribution is 2.59. The summed E-state index contributed by atoms with van der Waals surface area (Å²) in [5, 5.41) is 9.53.